The molecule has 2 N–H and O–H groups in total. The van der Waals surface area contributed by atoms with Crippen molar-refractivity contribution >= 4 is 27.3 Å². The topological polar surface area (TPSA) is 87.7 Å². The summed E-state index contributed by atoms with van der Waals surface area (Å²) in [4.78, 5) is 12.4. The van der Waals surface area contributed by atoms with Crippen molar-refractivity contribution in [2.24, 2.45) is 0 Å². The number of aryl methyl sites for hydroxylation is 1. The predicted octanol–water partition coefficient (Wildman–Crippen LogP) is 2.76. The maximum Gasteiger partial charge on any atom is 0.243 e. The number of carbonyl (C=O) groups excluding carboxylic acids is 1. The molecule has 0 fully saturated rings. The Balaban J connectivity index is 1.68. The van der Waals surface area contributed by atoms with E-state index in [-0.39, 0.29) is 18.2 Å². The maximum atomic E-state index is 12.4. The Hall–Kier alpha value is -2.58. The van der Waals surface area contributed by atoms with Crippen LogP contribution in [0.4, 0.5) is 11.4 Å². The van der Waals surface area contributed by atoms with E-state index in [4.69, 9.17) is 4.74 Å². The minimum atomic E-state index is -3.21. The van der Waals surface area contributed by atoms with Gasteiger partial charge in [-0.25, -0.2) is 8.42 Å². The number of benzene rings is 2. The van der Waals surface area contributed by atoms with Gasteiger partial charge in [-0.2, -0.15) is 4.31 Å². The zero-order valence-electron chi connectivity index (χ0n) is 17.0. The highest BCUT2D eigenvalue weighted by Gasteiger charge is 2.26. The van der Waals surface area contributed by atoms with E-state index in [1.165, 1.54) is 4.31 Å². The number of ether oxygens (including phenoxy) is 1. The number of sulfonamides is 1. The zero-order chi connectivity index (χ0) is 21.0. The summed E-state index contributed by atoms with van der Waals surface area (Å²) in [5.74, 6) is 0.527. The van der Waals surface area contributed by atoms with Crippen LogP contribution in [0.5, 0.6) is 5.75 Å². The van der Waals surface area contributed by atoms with Crippen molar-refractivity contribution < 1.29 is 17.9 Å². The molecule has 0 saturated carbocycles. The Bertz CT molecular complexity index is 1000. The van der Waals surface area contributed by atoms with Gasteiger partial charge in [0.05, 0.1) is 25.1 Å². The minimum Gasteiger partial charge on any atom is -0.495 e. The zero-order valence-corrected chi connectivity index (χ0v) is 17.8. The average molecular weight is 418 g/mol. The molecule has 29 heavy (non-hydrogen) atoms. The summed E-state index contributed by atoms with van der Waals surface area (Å²) >= 11 is 0. The molecule has 1 aliphatic heterocycles. The molecule has 0 radical (unpaired) electrons. The van der Waals surface area contributed by atoms with E-state index in [0.717, 1.165) is 22.4 Å². The monoisotopic (exact) mass is 417 g/mol. The number of fused-ring (bicyclic) bond motifs is 1. The normalized spacial score (nSPS) is 14.2. The van der Waals surface area contributed by atoms with Crippen LogP contribution in [0.1, 0.15) is 23.6 Å². The highest BCUT2D eigenvalue weighted by molar-refractivity contribution is 7.89. The molecule has 0 atom stereocenters. The smallest absolute Gasteiger partial charge is 0.243 e. The summed E-state index contributed by atoms with van der Waals surface area (Å²) in [5, 5.41) is 6.06. The lowest BCUT2D eigenvalue weighted by molar-refractivity contribution is -0.114. The number of carbonyl (C=O) groups is 1. The van der Waals surface area contributed by atoms with E-state index in [1.807, 2.05) is 43.3 Å². The number of methoxy groups -OCH3 is 1. The average Bonchev–Trinajstić information content (AvgIpc) is 2.72. The van der Waals surface area contributed by atoms with E-state index in [0.29, 0.717) is 30.9 Å². The van der Waals surface area contributed by atoms with Crippen molar-refractivity contribution in [3.05, 3.63) is 53.1 Å². The number of rotatable bonds is 7. The molecule has 0 aliphatic carbocycles. The first-order chi connectivity index (χ1) is 13.8. The Labute approximate surface area is 172 Å². The van der Waals surface area contributed by atoms with Gasteiger partial charge in [-0.1, -0.05) is 18.2 Å². The standard InChI is InChI=1S/C21H27N3O4S/c1-4-29(26,27)24-11-10-17-16(14-24)6-5-7-18(17)22-13-21(25)23-19-12-15(2)8-9-20(19)28-3/h5-9,12,22H,4,10-11,13-14H2,1-3H3,(H,23,25). The van der Waals surface area contributed by atoms with Gasteiger partial charge in [0.2, 0.25) is 15.9 Å². The van der Waals surface area contributed by atoms with Gasteiger partial charge >= 0.3 is 0 Å². The van der Waals surface area contributed by atoms with Gasteiger partial charge in [0.1, 0.15) is 5.75 Å². The van der Waals surface area contributed by atoms with Crippen LogP contribution in [0.25, 0.3) is 0 Å². The molecule has 0 spiro atoms. The van der Waals surface area contributed by atoms with Gasteiger partial charge < -0.3 is 15.4 Å². The largest absolute Gasteiger partial charge is 0.495 e. The van der Waals surface area contributed by atoms with Gasteiger partial charge in [-0.05, 0) is 55.2 Å². The molecule has 2 aromatic rings. The molecule has 2 aromatic carbocycles. The lowest BCUT2D eigenvalue weighted by Gasteiger charge is -2.29. The summed E-state index contributed by atoms with van der Waals surface area (Å²) < 4.78 is 31.1. The fraction of sp³-hybridized carbons (Fsp3) is 0.381. The number of nitrogens with one attached hydrogen (secondary N) is 2. The van der Waals surface area contributed by atoms with Gasteiger partial charge in [0, 0.05) is 18.8 Å². The minimum absolute atomic E-state index is 0.100. The van der Waals surface area contributed by atoms with Crippen molar-refractivity contribution in [2.75, 3.05) is 36.6 Å². The SMILES string of the molecule is CCS(=O)(=O)N1CCc2c(cccc2NCC(=O)Nc2cc(C)ccc2OC)C1. The molecule has 156 valence electrons. The van der Waals surface area contributed by atoms with Crippen LogP contribution in [-0.4, -0.2) is 44.6 Å². The highest BCUT2D eigenvalue weighted by Crippen LogP contribution is 2.28. The second-order valence-electron chi connectivity index (χ2n) is 7.03. The Morgan fingerprint density at radius 1 is 1.21 bits per heavy atom. The van der Waals surface area contributed by atoms with Crippen molar-refractivity contribution in [3.63, 3.8) is 0 Å². The van der Waals surface area contributed by atoms with Gasteiger partial charge in [0.15, 0.2) is 0 Å². The molecule has 0 aromatic heterocycles. The molecule has 0 saturated heterocycles. The number of nitrogens with zero attached hydrogens (tertiary/aromatic N) is 1. The predicted molar refractivity (Wildman–Crippen MR) is 115 cm³/mol. The number of amides is 1. The van der Waals surface area contributed by atoms with Gasteiger partial charge in [-0.3, -0.25) is 4.79 Å². The quantitative estimate of drug-likeness (QED) is 0.723. The van der Waals surface area contributed by atoms with Crippen LogP contribution in [0.3, 0.4) is 0 Å². The molecule has 8 heteroatoms. The molecule has 1 aliphatic rings. The second kappa shape index (κ2) is 8.84. The van der Waals surface area contributed by atoms with Crippen molar-refractivity contribution in [1.29, 1.82) is 0 Å². The fourth-order valence-electron chi connectivity index (χ4n) is 3.46. The fourth-order valence-corrected chi connectivity index (χ4v) is 4.53. The van der Waals surface area contributed by atoms with E-state index in [2.05, 4.69) is 10.6 Å². The molecule has 1 heterocycles. The summed E-state index contributed by atoms with van der Waals surface area (Å²) in [6.45, 7) is 4.53. The Morgan fingerprint density at radius 3 is 2.72 bits per heavy atom. The van der Waals surface area contributed by atoms with E-state index in [1.54, 1.807) is 14.0 Å². The third-order valence-corrected chi connectivity index (χ3v) is 6.89. The summed E-state index contributed by atoms with van der Waals surface area (Å²) in [6, 6.07) is 11.3. The van der Waals surface area contributed by atoms with Crippen molar-refractivity contribution in [2.45, 2.75) is 26.8 Å². The van der Waals surface area contributed by atoms with Crippen LogP contribution in [0, 0.1) is 6.92 Å². The molecule has 3 rings (SSSR count). The molecule has 7 nitrogen and oxygen atoms in total. The van der Waals surface area contributed by atoms with Gasteiger partial charge in [-0.15, -0.1) is 0 Å². The van der Waals surface area contributed by atoms with Crippen LogP contribution in [0.15, 0.2) is 36.4 Å². The van der Waals surface area contributed by atoms with Crippen molar-refractivity contribution in [3.8, 4) is 5.75 Å². The summed E-state index contributed by atoms with van der Waals surface area (Å²) in [5.41, 5.74) is 4.56. The molecule has 0 unspecified atom stereocenters. The summed E-state index contributed by atoms with van der Waals surface area (Å²) in [6.07, 6.45) is 0.616. The molecule has 1 amide bonds. The molecular weight excluding hydrogens is 390 g/mol. The summed E-state index contributed by atoms with van der Waals surface area (Å²) in [7, 11) is -1.64. The van der Waals surface area contributed by atoms with Crippen LogP contribution in [-0.2, 0) is 27.8 Å². The van der Waals surface area contributed by atoms with Gasteiger partial charge in [0.25, 0.3) is 0 Å². The number of hydrogen-bond acceptors (Lipinski definition) is 5. The lowest BCUT2D eigenvalue weighted by atomic mass is 9.99. The third kappa shape index (κ3) is 4.89. The second-order valence-corrected chi connectivity index (χ2v) is 9.29. The maximum absolute atomic E-state index is 12.4. The Kier molecular flexibility index (Phi) is 6.44. The van der Waals surface area contributed by atoms with E-state index in [9.17, 15) is 13.2 Å². The van der Waals surface area contributed by atoms with Crippen LogP contribution >= 0.6 is 0 Å². The first-order valence-electron chi connectivity index (χ1n) is 9.61. The molecule has 0 bridgehead atoms. The lowest BCUT2D eigenvalue weighted by Crippen LogP contribution is -2.37. The number of hydrogen-bond donors (Lipinski definition) is 2. The van der Waals surface area contributed by atoms with Crippen molar-refractivity contribution in [1.82, 2.24) is 4.31 Å². The third-order valence-electron chi connectivity index (χ3n) is 5.06. The number of anilines is 2. The molecular formula is C21H27N3O4S. The van der Waals surface area contributed by atoms with E-state index >= 15 is 0 Å². The van der Waals surface area contributed by atoms with Crippen LogP contribution in [0.2, 0.25) is 0 Å². The van der Waals surface area contributed by atoms with E-state index < -0.39 is 10.0 Å². The van der Waals surface area contributed by atoms with Crippen LogP contribution < -0.4 is 15.4 Å². The Morgan fingerprint density at radius 2 is 2.00 bits per heavy atom. The first-order valence-corrected chi connectivity index (χ1v) is 11.2. The first kappa shape index (κ1) is 21.1. The highest BCUT2D eigenvalue weighted by atomic mass is 32.2.